The second-order valence-electron chi connectivity index (χ2n) is 3.70. The number of amides is 1. The molecule has 0 aliphatic rings. The van der Waals surface area contributed by atoms with Crippen molar-refractivity contribution in [3.05, 3.63) is 25.3 Å². The van der Waals surface area contributed by atoms with Gasteiger partial charge in [0.1, 0.15) is 0 Å². The first kappa shape index (κ1) is 14.9. The lowest BCUT2D eigenvalue weighted by Gasteiger charge is -2.20. The highest BCUT2D eigenvalue weighted by molar-refractivity contribution is 5.78. The van der Waals surface area contributed by atoms with Gasteiger partial charge in [0.2, 0.25) is 5.91 Å². The average molecular weight is 226 g/mol. The Morgan fingerprint density at radius 2 is 2.00 bits per heavy atom. The molecule has 1 amide bonds. The number of methoxy groups -OCH3 is 1. The molecule has 4 heteroatoms. The van der Waals surface area contributed by atoms with E-state index in [0.717, 1.165) is 0 Å². The van der Waals surface area contributed by atoms with Gasteiger partial charge in [-0.25, -0.2) is 0 Å². The van der Waals surface area contributed by atoms with Crippen molar-refractivity contribution in [2.45, 2.75) is 13.0 Å². The van der Waals surface area contributed by atoms with Gasteiger partial charge in [-0.05, 0) is 6.92 Å². The molecule has 92 valence electrons. The fourth-order valence-electron chi connectivity index (χ4n) is 1.38. The lowest BCUT2D eigenvalue weighted by atomic mass is 10.3. The van der Waals surface area contributed by atoms with E-state index in [1.165, 1.54) is 0 Å². The van der Waals surface area contributed by atoms with E-state index in [-0.39, 0.29) is 11.9 Å². The standard InChI is InChI=1S/C12H22N2O2/c1-5-7-14(8-6-2)9-12(15)13-11(3)10-16-4/h5-6,11H,1-2,7-10H2,3-4H3,(H,13,15). The van der Waals surface area contributed by atoms with E-state index >= 15 is 0 Å². The lowest BCUT2D eigenvalue weighted by molar-refractivity contribution is -0.122. The van der Waals surface area contributed by atoms with Crippen LogP contribution in [-0.4, -0.2) is 50.2 Å². The summed E-state index contributed by atoms with van der Waals surface area (Å²) in [5.74, 6) is -0.00625. The molecule has 0 aromatic heterocycles. The van der Waals surface area contributed by atoms with Crippen molar-refractivity contribution in [2.75, 3.05) is 33.4 Å². The van der Waals surface area contributed by atoms with E-state index < -0.39 is 0 Å². The fourth-order valence-corrected chi connectivity index (χ4v) is 1.38. The number of rotatable bonds is 9. The number of carbonyl (C=O) groups is 1. The molecule has 1 unspecified atom stereocenters. The Morgan fingerprint density at radius 1 is 1.44 bits per heavy atom. The average Bonchev–Trinajstić information content (AvgIpc) is 2.18. The minimum absolute atomic E-state index is 0.00625. The molecule has 0 rings (SSSR count). The molecule has 1 N–H and O–H groups in total. The van der Waals surface area contributed by atoms with Crippen LogP contribution in [0.1, 0.15) is 6.92 Å². The van der Waals surface area contributed by atoms with Gasteiger partial charge in [-0.15, -0.1) is 13.2 Å². The second kappa shape index (κ2) is 9.12. The third-order valence-electron chi connectivity index (χ3n) is 1.97. The third kappa shape index (κ3) is 7.20. The predicted octanol–water partition coefficient (Wildman–Crippen LogP) is 0.811. The van der Waals surface area contributed by atoms with Crippen LogP contribution < -0.4 is 5.32 Å². The molecule has 0 aromatic carbocycles. The summed E-state index contributed by atoms with van der Waals surface area (Å²) >= 11 is 0. The minimum Gasteiger partial charge on any atom is -0.383 e. The number of nitrogens with zero attached hydrogens (tertiary/aromatic N) is 1. The van der Waals surface area contributed by atoms with Crippen LogP contribution in [0.15, 0.2) is 25.3 Å². The van der Waals surface area contributed by atoms with Crippen molar-refractivity contribution in [2.24, 2.45) is 0 Å². The van der Waals surface area contributed by atoms with Crippen molar-refractivity contribution in [3.8, 4) is 0 Å². The molecule has 1 atom stereocenters. The second-order valence-corrected chi connectivity index (χ2v) is 3.70. The summed E-state index contributed by atoms with van der Waals surface area (Å²) < 4.78 is 4.94. The molecule has 0 aromatic rings. The maximum atomic E-state index is 11.6. The van der Waals surface area contributed by atoms with Crippen LogP contribution in [0.3, 0.4) is 0 Å². The van der Waals surface area contributed by atoms with E-state index in [0.29, 0.717) is 26.2 Å². The normalized spacial score (nSPS) is 12.2. The number of nitrogens with one attached hydrogen (secondary N) is 1. The maximum absolute atomic E-state index is 11.6. The van der Waals surface area contributed by atoms with Gasteiger partial charge in [-0.1, -0.05) is 12.2 Å². The van der Waals surface area contributed by atoms with Crippen molar-refractivity contribution >= 4 is 5.91 Å². The zero-order valence-electron chi connectivity index (χ0n) is 10.2. The SMILES string of the molecule is C=CCN(CC=C)CC(=O)NC(C)COC. The molecule has 0 spiro atoms. The van der Waals surface area contributed by atoms with Gasteiger partial charge in [-0.2, -0.15) is 0 Å². The van der Waals surface area contributed by atoms with E-state index in [2.05, 4.69) is 18.5 Å². The van der Waals surface area contributed by atoms with E-state index in [4.69, 9.17) is 4.74 Å². The summed E-state index contributed by atoms with van der Waals surface area (Å²) in [6.45, 7) is 11.4. The Hall–Kier alpha value is -1.13. The molecule has 0 aliphatic heterocycles. The van der Waals surface area contributed by atoms with E-state index in [1.54, 1.807) is 19.3 Å². The zero-order valence-corrected chi connectivity index (χ0v) is 10.2. The van der Waals surface area contributed by atoms with Crippen molar-refractivity contribution in [1.82, 2.24) is 10.2 Å². The third-order valence-corrected chi connectivity index (χ3v) is 1.97. The summed E-state index contributed by atoms with van der Waals surface area (Å²) in [5.41, 5.74) is 0. The highest BCUT2D eigenvalue weighted by Gasteiger charge is 2.10. The molecule has 0 bridgehead atoms. The summed E-state index contributed by atoms with van der Waals surface area (Å²) in [6.07, 6.45) is 3.55. The maximum Gasteiger partial charge on any atom is 0.234 e. The van der Waals surface area contributed by atoms with Gasteiger partial charge in [0.25, 0.3) is 0 Å². The molecule has 0 saturated heterocycles. The van der Waals surface area contributed by atoms with E-state index in [1.807, 2.05) is 11.8 Å². The monoisotopic (exact) mass is 226 g/mol. The zero-order chi connectivity index (χ0) is 12.4. The number of hydrogen-bond acceptors (Lipinski definition) is 3. The van der Waals surface area contributed by atoms with Gasteiger partial charge in [0.15, 0.2) is 0 Å². The Bertz CT molecular complexity index is 219. The Labute approximate surface area is 98.0 Å². The number of hydrogen-bond donors (Lipinski definition) is 1. The predicted molar refractivity (Wildman–Crippen MR) is 66.3 cm³/mol. The van der Waals surface area contributed by atoms with Crippen molar-refractivity contribution in [1.29, 1.82) is 0 Å². The first-order chi connectivity index (χ1) is 7.63. The first-order valence-corrected chi connectivity index (χ1v) is 5.36. The molecular weight excluding hydrogens is 204 g/mol. The highest BCUT2D eigenvalue weighted by Crippen LogP contribution is 1.90. The van der Waals surface area contributed by atoms with Gasteiger partial charge in [0, 0.05) is 26.2 Å². The molecule has 0 heterocycles. The lowest BCUT2D eigenvalue weighted by Crippen LogP contribution is -2.42. The topological polar surface area (TPSA) is 41.6 Å². The van der Waals surface area contributed by atoms with Gasteiger partial charge >= 0.3 is 0 Å². The first-order valence-electron chi connectivity index (χ1n) is 5.36. The summed E-state index contributed by atoms with van der Waals surface area (Å²) in [6, 6.07) is 0.0341. The molecule has 4 nitrogen and oxygen atoms in total. The number of carbonyl (C=O) groups excluding carboxylic acids is 1. The molecule has 0 aliphatic carbocycles. The largest absolute Gasteiger partial charge is 0.383 e. The van der Waals surface area contributed by atoms with Gasteiger partial charge < -0.3 is 10.1 Å². The van der Waals surface area contributed by atoms with E-state index in [9.17, 15) is 4.79 Å². The summed E-state index contributed by atoms with van der Waals surface area (Å²) in [4.78, 5) is 13.6. The highest BCUT2D eigenvalue weighted by atomic mass is 16.5. The summed E-state index contributed by atoms with van der Waals surface area (Å²) in [7, 11) is 1.62. The molecule has 0 saturated carbocycles. The smallest absolute Gasteiger partial charge is 0.234 e. The van der Waals surface area contributed by atoms with Crippen LogP contribution in [0.2, 0.25) is 0 Å². The van der Waals surface area contributed by atoms with Gasteiger partial charge in [0.05, 0.1) is 13.2 Å². The minimum atomic E-state index is -0.00625. The van der Waals surface area contributed by atoms with Gasteiger partial charge in [-0.3, -0.25) is 9.69 Å². The van der Waals surface area contributed by atoms with Crippen LogP contribution in [-0.2, 0) is 9.53 Å². The Balaban J connectivity index is 3.97. The van der Waals surface area contributed by atoms with Crippen LogP contribution in [0.4, 0.5) is 0 Å². The number of ether oxygens (including phenoxy) is 1. The quantitative estimate of drug-likeness (QED) is 0.592. The van der Waals surface area contributed by atoms with Crippen LogP contribution >= 0.6 is 0 Å². The van der Waals surface area contributed by atoms with Crippen LogP contribution in [0.25, 0.3) is 0 Å². The fraction of sp³-hybridized carbons (Fsp3) is 0.583. The Morgan fingerprint density at radius 3 is 2.44 bits per heavy atom. The Kier molecular flexibility index (Phi) is 8.48. The van der Waals surface area contributed by atoms with Crippen molar-refractivity contribution in [3.63, 3.8) is 0 Å². The van der Waals surface area contributed by atoms with Crippen LogP contribution in [0.5, 0.6) is 0 Å². The van der Waals surface area contributed by atoms with Crippen molar-refractivity contribution < 1.29 is 9.53 Å². The summed E-state index contributed by atoms with van der Waals surface area (Å²) in [5, 5.41) is 2.85. The van der Waals surface area contributed by atoms with Crippen LogP contribution in [0, 0.1) is 0 Å². The molecule has 16 heavy (non-hydrogen) atoms. The molecule has 0 radical (unpaired) electrons. The molecule has 0 fully saturated rings. The molecular formula is C12H22N2O2.